The standard InChI is InChI=1S/C6H8Br4O2Si/c7-1-5(9)3-11-13-12-4-6(10)2-8/h1-2H,3-4,13H2/b5-1+,6-2+. The van der Waals surface area contributed by atoms with Crippen LogP contribution in [0, 0.1) is 0 Å². The van der Waals surface area contributed by atoms with E-state index in [0.717, 1.165) is 8.96 Å². The molecule has 0 amide bonds. The van der Waals surface area contributed by atoms with Gasteiger partial charge in [0.15, 0.2) is 0 Å². The van der Waals surface area contributed by atoms with Crippen LogP contribution in [0.3, 0.4) is 0 Å². The predicted molar refractivity (Wildman–Crippen MR) is 72.3 cm³/mol. The Hall–Kier alpha value is 1.54. The summed E-state index contributed by atoms with van der Waals surface area (Å²) in [6, 6.07) is 0. The van der Waals surface area contributed by atoms with Crippen LogP contribution in [0.1, 0.15) is 0 Å². The van der Waals surface area contributed by atoms with Crippen molar-refractivity contribution in [3.63, 3.8) is 0 Å². The summed E-state index contributed by atoms with van der Waals surface area (Å²) in [4.78, 5) is 3.55. The Morgan fingerprint density at radius 3 is 1.69 bits per heavy atom. The van der Waals surface area contributed by atoms with Crippen LogP contribution < -0.4 is 0 Å². The third-order valence-corrected chi connectivity index (χ3v) is 4.87. The normalized spacial score (nSPS) is 14.5. The van der Waals surface area contributed by atoms with Crippen molar-refractivity contribution in [1.29, 1.82) is 0 Å². The van der Waals surface area contributed by atoms with Crippen LogP contribution >= 0.6 is 63.7 Å². The summed E-state index contributed by atoms with van der Waals surface area (Å²) in [5, 5.41) is 0. The third-order valence-electron chi connectivity index (χ3n) is 0.883. The first kappa shape index (κ1) is 14.5. The van der Waals surface area contributed by atoms with E-state index in [1.807, 2.05) is 0 Å². The maximum absolute atomic E-state index is 5.29. The molecule has 0 spiro atoms. The van der Waals surface area contributed by atoms with Gasteiger partial charge in [-0.15, -0.1) is 0 Å². The van der Waals surface area contributed by atoms with Gasteiger partial charge in [-0.2, -0.15) is 0 Å². The Morgan fingerprint density at radius 2 is 1.38 bits per heavy atom. The fourth-order valence-electron chi connectivity index (χ4n) is 0.400. The van der Waals surface area contributed by atoms with Crippen molar-refractivity contribution in [3.8, 4) is 0 Å². The van der Waals surface area contributed by atoms with Gasteiger partial charge in [0.05, 0.1) is 13.2 Å². The van der Waals surface area contributed by atoms with Gasteiger partial charge in [0.1, 0.15) is 0 Å². The largest absolute Gasteiger partial charge is 0.394 e. The van der Waals surface area contributed by atoms with E-state index in [0.29, 0.717) is 13.2 Å². The highest BCUT2D eigenvalue weighted by atomic mass is 79.9. The average molecular weight is 460 g/mol. The Morgan fingerprint density at radius 1 is 1.00 bits per heavy atom. The summed E-state index contributed by atoms with van der Waals surface area (Å²) in [5.74, 6) is 0. The van der Waals surface area contributed by atoms with Crippen LogP contribution in [0.4, 0.5) is 0 Å². The van der Waals surface area contributed by atoms with E-state index in [1.165, 1.54) is 0 Å². The van der Waals surface area contributed by atoms with Crippen molar-refractivity contribution < 1.29 is 8.85 Å². The van der Waals surface area contributed by atoms with E-state index in [4.69, 9.17) is 8.85 Å². The summed E-state index contributed by atoms with van der Waals surface area (Å²) >= 11 is 13.0. The Labute approximate surface area is 114 Å². The average Bonchev–Trinajstić information content (AvgIpc) is 2.16. The third kappa shape index (κ3) is 9.83. The van der Waals surface area contributed by atoms with E-state index in [-0.39, 0.29) is 0 Å². The zero-order valence-corrected chi connectivity index (χ0v) is 14.4. The van der Waals surface area contributed by atoms with Crippen LogP contribution in [0.25, 0.3) is 0 Å². The molecule has 0 aliphatic rings. The predicted octanol–water partition coefficient (Wildman–Crippen LogP) is 3.28. The van der Waals surface area contributed by atoms with E-state index in [2.05, 4.69) is 63.7 Å². The van der Waals surface area contributed by atoms with E-state index in [1.54, 1.807) is 9.97 Å². The number of halogens is 4. The molecule has 0 radical (unpaired) electrons. The molecule has 0 atom stereocenters. The van der Waals surface area contributed by atoms with Crippen LogP contribution in [-0.2, 0) is 8.85 Å². The fraction of sp³-hybridized carbons (Fsp3) is 0.333. The monoisotopic (exact) mass is 456 g/mol. The number of hydrogen-bond donors (Lipinski definition) is 0. The number of rotatable bonds is 6. The summed E-state index contributed by atoms with van der Waals surface area (Å²) in [5.41, 5.74) is 0. The molecule has 0 aromatic rings. The maximum Gasteiger partial charge on any atom is 0.305 e. The molecule has 0 aromatic carbocycles. The van der Waals surface area contributed by atoms with Gasteiger partial charge in [0.2, 0.25) is 0 Å². The second-order valence-electron chi connectivity index (χ2n) is 1.93. The SMILES string of the molecule is Br/C=C(/Br)CO[SiH2]OC/C(Br)=C\Br. The first-order chi connectivity index (χ1) is 6.20. The van der Waals surface area contributed by atoms with Crippen molar-refractivity contribution in [3.05, 3.63) is 18.9 Å². The minimum atomic E-state index is -0.876. The van der Waals surface area contributed by atoms with Gasteiger partial charge in [-0.05, 0) is 9.97 Å². The second kappa shape index (κ2) is 10.1. The zero-order chi connectivity index (χ0) is 10.1. The lowest BCUT2D eigenvalue weighted by atomic mass is 10.7. The Balaban J connectivity index is 3.27. The van der Waals surface area contributed by atoms with Crippen molar-refractivity contribution in [1.82, 2.24) is 0 Å². The molecule has 0 saturated heterocycles. The van der Waals surface area contributed by atoms with E-state index in [9.17, 15) is 0 Å². The molecule has 0 fully saturated rings. The second-order valence-corrected chi connectivity index (χ2v) is 5.93. The van der Waals surface area contributed by atoms with Crippen LogP contribution in [-0.4, -0.2) is 23.2 Å². The summed E-state index contributed by atoms with van der Waals surface area (Å²) < 4.78 is 12.5. The molecule has 0 heterocycles. The minimum absolute atomic E-state index is 0.563. The summed E-state index contributed by atoms with van der Waals surface area (Å²) in [6.45, 7) is 1.13. The van der Waals surface area contributed by atoms with Gasteiger partial charge >= 0.3 is 10.0 Å². The van der Waals surface area contributed by atoms with Gasteiger partial charge in [-0.1, -0.05) is 63.7 Å². The molecule has 13 heavy (non-hydrogen) atoms. The maximum atomic E-state index is 5.29. The van der Waals surface area contributed by atoms with Crippen LogP contribution in [0.15, 0.2) is 18.9 Å². The first-order valence-corrected chi connectivity index (χ1v) is 7.83. The molecule has 7 heteroatoms. The molecule has 0 N–H and O–H groups in total. The molecule has 0 rings (SSSR count). The fourth-order valence-corrected chi connectivity index (χ4v) is 2.31. The van der Waals surface area contributed by atoms with Gasteiger partial charge in [-0.25, -0.2) is 0 Å². The van der Waals surface area contributed by atoms with Gasteiger partial charge in [0.25, 0.3) is 0 Å². The van der Waals surface area contributed by atoms with Gasteiger partial charge in [-0.3, -0.25) is 0 Å². The highest BCUT2D eigenvalue weighted by molar-refractivity contribution is 9.14. The Kier molecular flexibility index (Phi) is 11.3. The molecule has 0 aliphatic carbocycles. The summed E-state index contributed by atoms with van der Waals surface area (Å²) in [7, 11) is -0.876. The smallest absolute Gasteiger partial charge is 0.305 e. The highest BCUT2D eigenvalue weighted by Gasteiger charge is 1.94. The molecule has 0 aliphatic heterocycles. The highest BCUT2D eigenvalue weighted by Crippen LogP contribution is 2.08. The molecular weight excluding hydrogens is 452 g/mol. The summed E-state index contributed by atoms with van der Waals surface area (Å²) in [6.07, 6.45) is 0. The van der Waals surface area contributed by atoms with Crippen molar-refractivity contribution in [2.24, 2.45) is 0 Å². The van der Waals surface area contributed by atoms with Crippen molar-refractivity contribution in [2.75, 3.05) is 13.2 Å². The minimum Gasteiger partial charge on any atom is -0.394 e. The van der Waals surface area contributed by atoms with E-state index < -0.39 is 10.0 Å². The molecule has 0 aromatic heterocycles. The van der Waals surface area contributed by atoms with Gasteiger partial charge < -0.3 is 8.85 Å². The molecular formula is C6H8Br4O2Si. The molecule has 2 nitrogen and oxygen atoms in total. The lowest BCUT2D eigenvalue weighted by Crippen LogP contribution is -2.06. The lowest BCUT2D eigenvalue weighted by molar-refractivity contribution is 0.259. The quantitative estimate of drug-likeness (QED) is 0.448. The van der Waals surface area contributed by atoms with Crippen molar-refractivity contribution in [2.45, 2.75) is 0 Å². The first-order valence-electron chi connectivity index (χ1n) is 3.25. The van der Waals surface area contributed by atoms with Crippen LogP contribution in [0.5, 0.6) is 0 Å². The Bertz CT molecular complexity index is 175. The van der Waals surface area contributed by atoms with E-state index >= 15 is 0 Å². The van der Waals surface area contributed by atoms with Crippen molar-refractivity contribution >= 4 is 73.7 Å². The zero-order valence-electron chi connectivity index (χ0n) is 6.60. The molecule has 0 unspecified atom stereocenters. The lowest BCUT2D eigenvalue weighted by Gasteiger charge is -2.03. The molecule has 76 valence electrons. The number of hydrogen-bond acceptors (Lipinski definition) is 2. The van der Waals surface area contributed by atoms with Crippen LogP contribution in [0.2, 0.25) is 0 Å². The molecule has 0 bridgehead atoms. The topological polar surface area (TPSA) is 18.5 Å². The van der Waals surface area contributed by atoms with Gasteiger partial charge in [0, 0.05) is 8.96 Å². The molecule has 0 saturated carbocycles.